The van der Waals surface area contributed by atoms with Crippen LogP contribution in [0.4, 0.5) is 4.39 Å². The first kappa shape index (κ1) is 29.5. The molecule has 0 aliphatic carbocycles. The van der Waals surface area contributed by atoms with Crippen LogP contribution in [0.2, 0.25) is 5.02 Å². The number of halogens is 2. The zero-order valence-electron chi connectivity index (χ0n) is 20.7. The van der Waals surface area contributed by atoms with Crippen LogP contribution in [0, 0.1) is 5.82 Å². The Bertz CT molecular complexity index is 1490. The summed E-state index contributed by atoms with van der Waals surface area (Å²) in [5, 5.41) is 3.03. The second-order valence-corrected chi connectivity index (χ2v) is 14.0. The van der Waals surface area contributed by atoms with Gasteiger partial charge in [-0.05, 0) is 36.4 Å². The minimum absolute atomic E-state index is 0.0134. The average Bonchev–Trinajstić information content (AvgIpc) is 2.94. The van der Waals surface area contributed by atoms with Crippen molar-refractivity contribution in [2.24, 2.45) is 0 Å². The van der Waals surface area contributed by atoms with E-state index in [1.54, 1.807) is 42.5 Å². The zero-order chi connectivity index (χ0) is 28.0. The molecule has 4 rings (SSSR count). The lowest BCUT2D eigenvalue weighted by Gasteiger charge is -2.38. The van der Waals surface area contributed by atoms with Gasteiger partial charge in [0.25, 0.3) is 0 Å². The topological polar surface area (TPSA) is 104 Å². The van der Waals surface area contributed by atoms with Crippen molar-refractivity contribution < 1.29 is 26.0 Å². The van der Waals surface area contributed by atoms with E-state index in [1.807, 2.05) is 0 Å². The first-order valence-electron chi connectivity index (χ1n) is 12.0. The number of carbonyl (C=O) groups is 1. The van der Waals surface area contributed by atoms with E-state index in [-0.39, 0.29) is 36.0 Å². The number of hydrogen-bond donors (Lipinski definition) is 1. The minimum atomic E-state index is -4.08. The van der Waals surface area contributed by atoms with Crippen LogP contribution in [0.5, 0.6) is 0 Å². The molecule has 3 aromatic rings. The summed E-state index contributed by atoms with van der Waals surface area (Å²) >= 11 is 7.41. The van der Waals surface area contributed by atoms with E-state index in [1.165, 1.54) is 48.2 Å². The van der Waals surface area contributed by atoms with Gasteiger partial charge in [0, 0.05) is 48.3 Å². The van der Waals surface area contributed by atoms with Gasteiger partial charge in [0.15, 0.2) is 0 Å². The third kappa shape index (κ3) is 6.82. The molecule has 0 unspecified atom stereocenters. The number of amides is 1. The van der Waals surface area contributed by atoms with E-state index in [0.29, 0.717) is 22.1 Å². The lowest BCUT2D eigenvalue weighted by atomic mass is 10.2. The highest BCUT2D eigenvalue weighted by Gasteiger charge is 2.43. The first-order valence-corrected chi connectivity index (χ1v) is 16.4. The lowest BCUT2D eigenvalue weighted by Crippen LogP contribution is -2.61. The molecule has 1 fully saturated rings. The van der Waals surface area contributed by atoms with E-state index in [4.69, 9.17) is 11.6 Å². The van der Waals surface area contributed by atoms with Gasteiger partial charge in [-0.3, -0.25) is 4.79 Å². The average molecular weight is 612 g/mol. The Morgan fingerprint density at radius 3 is 2.13 bits per heavy atom. The number of hydrogen-bond acceptors (Lipinski definition) is 6. The van der Waals surface area contributed by atoms with Crippen LogP contribution in [0.25, 0.3) is 0 Å². The van der Waals surface area contributed by atoms with E-state index >= 15 is 0 Å². The Labute approximate surface area is 237 Å². The van der Waals surface area contributed by atoms with Crippen molar-refractivity contribution in [1.82, 2.24) is 13.9 Å². The summed E-state index contributed by atoms with van der Waals surface area (Å²) in [5.74, 6) is -0.335. The molecule has 1 N–H and O–H groups in total. The van der Waals surface area contributed by atoms with Crippen molar-refractivity contribution in [2.45, 2.75) is 21.6 Å². The highest BCUT2D eigenvalue weighted by molar-refractivity contribution is 7.98. The van der Waals surface area contributed by atoms with Crippen molar-refractivity contribution in [3.05, 3.63) is 95.3 Å². The molecule has 1 amide bonds. The molecule has 0 spiro atoms. The van der Waals surface area contributed by atoms with Crippen LogP contribution in [0.15, 0.2) is 88.7 Å². The third-order valence-corrected chi connectivity index (χ3v) is 11.3. The SMILES string of the molecule is O=C(NCCSCc1c(F)cccc1Cl)[C@@H]1CN(S(=O)(=O)c2ccccc2)CCN1S(=O)(=O)c1ccccc1. The normalized spacial score (nSPS) is 17.1. The maximum absolute atomic E-state index is 14.0. The number of benzene rings is 3. The molecule has 39 heavy (non-hydrogen) atoms. The Morgan fingerprint density at radius 1 is 0.897 bits per heavy atom. The largest absolute Gasteiger partial charge is 0.354 e. The van der Waals surface area contributed by atoms with Gasteiger partial charge in [0.05, 0.1) is 9.79 Å². The Balaban J connectivity index is 1.49. The number of nitrogens with one attached hydrogen (secondary N) is 1. The first-order chi connectivity index (χ1) is 18.6. The number of rotatable bonds is 10. The Hall–Kier alpha value is -2.48. The van der Waals surface area contributed by atoms with E-state index in [0.717, 1.165) is 8.61 Å². The van der Waals surface area contributed by atoms with Crippen LogP contribution in [0.3, 0.4) is 0 Å². The Morgan fingerprint density at radius 2 is 1.51 bits per heavy atom. The van der Waals surface area contributed by atoms with Gasteiger partial charge in [-0.15, -0.1) is 0 Å². The molecule has 0 bridgehead atoms. The molecular weight excluding hydrogens is 585 g/mol. The fraction of sp³-hybridized carbons (Fsp3) is 0.269. The molecule has 8 nitrogen and oxygen atoms in total. The second-order valence-electron chi connectivity index (χ2n) is 8.66. The standard InChI is InChI=1S/C26H27ClFN3O5S3/c27-23-12-7-13-24(28)22(23)19-37-17-14-29-26(32)25-18-30(38(33,34)20-8-3-1-4-9-20)15-16-31(25)39(35,36)21-10-5-2-6-11-21/h1-13,25H,14-19H2,(H,29,32)/t25-/m0/s1. The molecule has 1 aliphatic rings. The molecule has 208 valence electrons. The quantitative estimate of drug-likeness (QED) is 0.352. The third-order valence-electron chi connectivity index (χ3n) is 6.18. The number of carbonyl (C=O) groups excluding carboxylic acids is 1. The van der Waals surface area contributed by atoms with Crippen molar-refractivity contribution in [2.75, 3.05) is 31.9 Å². The summed E-state index contributed by atoms with van der Waals surface area (Å²) in [6, 6.07) is 18.7. The molecule has 0 aromatic heterocycles. The van der Waals surface area contributed by atoms with Gasteiger partial charge in [0.2, 0.25) is 26.0 Å². The fourth-order valence-electron chi connectivity index (χ4n) is 4.14. The molecule has 0 radical (unpaired) electrons. The highest BCUT2D eigenvalue weighted by atomic mass is 35.5. The van der Waals surface area contributed by atoms with Crippen molar-refractivity contribution in [1.29, 1.82) is 0 Å². The minimum Gasteiger partial charge on any atom is -0.354 e. The summed E-state index contributed by atoms with van der Waals surface area (Å²) in [6.45, 7) is -0.474. The van der Waals surface area contributed by atoms with Gasteiger partial charge >= 0.3 is 0 Å². The number of thioether (sulfide) groups is 1. The monoisotopic (exact) mass is 611 g/mol. The molecular formula is C26H27ClFN3O5S3. The van der Waals surface area contributed by atoms with Gasteiger partial charge in [-0.2, -0.15) is 20.4 Å². The van der Waals surface area contributed by atoms with E-state index in [2.05, 4.69) is 5.32 Å². The molecule has 1 saturated heterocycles. The second kappa shape index (κ2) is 12.8. The Kier molecular flexibility index (Phi) is 9.68. The van der Waals surface area contributed by atoms with E-state index in [9.17, 15) is 26.0 Å². The van der Waals surface area contributed by atoms with Crippen LogP contribution in [-0.2, 0) is 30.6 Å². The van der Waals surface area contributed by atoms with Crippen LogP contribution < -0.4 is 5.32 Å². The van der Waals surface area contributed by atoms with Crippen molar-refractivity contribution in [3.8, 4) is 0 Å². The molecule has 1 heterocycles. The number of piperazine rings is 1. The van der Waals surface area contributed by atoms with Crippen LogP contribution in [0.1, 0.15) is 5.56 Å². The summed E-state index contributed by atoms with van der Waals surface area (Å²) in [5.41, 5.74) is 0.365. The van der Waals surface area contributed by atoms with Gasteiger partial charge in [0.1, 0.15) is 11.9 Å². The molecule has 1 atom stereocenters. The fourth-order valence-corrected chi connectivity index (χ4v) is 8.39. The zero-order valence-corrected chi connectivity index (χ0v) is 23.9. The maximum Gasteiger partial charge on any atom is 0.243 e. The summed E-state index contributed by atoms with van der Waals surface area (Å²) < 4.78 is 69.6. The molecule has 1 aliphatic heterocycles. The summed E-state index contributed by atoms with van der Waals surface area (Å²) in [6.07, 6.45) is 0. The molecule has 13 heteroatoms. The van der Waals surface area contributed by atoms with Gasteiger partial charge in [-0.25, -0.2) is 21.2 Å². The summed E-state index contributed by atoms with van der Waals surface area (Å²) in [4.78, 5) is 13.4. The van der Waals surface area contributed by atoms with Crippen LogP contribution in [-0.4, -0.2) is 69.3 Å². The number of sulfonamides is 2. The highest BCUT2D eigenvalue weighted by Crippen LogP contribution is 2.26. The van der Waals surface area contributed by atoms with Gasteiger partial charge < -0.3 is 5.32 Å². The van der Waals surface area contributed by atoms with Crippen molar-refractivity contribution in [3.63, 3.8) is 0 Å². The van der Waals surface area contributed by atoms with Crippen LogP contribution >= 0.6 is 23.4 Å². The smallest absolute Gasteiger partial charge is 0.243 e. The van der Waals surface area contributed by atoms with E-state index < -0.39 is 37.8 Å². The maximum atomic E-state index is 14.0. The molecule has 0 saturated carbocycles. The lowest BCUT2D eigenvalue weighted by molar-refractivity contribution is -0.125. The predicted molar refractivity (Wildman–Crippen MR) is 150 cm³/mol. The molecule has 3 aromatic carbocycles. The van der Waals surface area contributed by atoms with Gasteiger partial charge in [-0.1, -0.05) is 54.1 Å². The summed E-state index contributed by atoms with van der Waals surface area (Å²) in [7, 11) is -8.03. The number of nitrogens with zero attached hydrogens (tertiary/aromatic N) is 2. The van der Waals surface area contributed by atoms with Crippen molar-refractivity contribution >= 4 is 49.3 Å². The predicted octanol–water partition coefficient (Wildman–Crippen LogP) is 3.59.